The van der Waals surface area contributed by atoms with Gasteiger partial charge in [-0.1, -0.05) is 15.9 Å². The molecule has 3 nitrogen and oxygen atoms in total. The first-order valence-corrected chi connectivity index (χ1v) is 4.65. The number of ether oxygens (including phenoxy) is 1. The third-order valence-electron chi connectivity index (χ3n) is 1.59. The molecular weight excluding hydrogens is 248 g/mol. The van der Waals surface area contributed by atoms with Crippen molar-refractivity contribution in [2.75, 3.05) is 7.11 Å². The SMILES string of the molecule is COc1ccc(Br)cc1/C=C/C(=O)[O-]. The summed E-state index contributed by atoms with van der Waals surface area (Å²) in [6.45, 7) is 0. The maximum Gasteiger partial charge on any atom is 0.126 e. The second-order valence-corrected chi connectivity index (χ2v) is 3.45. The van der Waals surface area contributed by atoms with E-state index in [-0.39, 0.29) is 0 Å². The highest BCUT2D eigenvalue weighted by Crippen LogP contribution is 2.23. The van der Waals surface area contributed by atoms with E-state index in [1.807, 2.05) is 6.07 Å². The molecule has 0 bridgehead atoms. The summed E-state index contributed by atoms with van der Waals surface area (Å²) in [6.07, 6.45) is 2.39. The second kappa shape index (κ2) is 4.81. The van der Waals surface area contributed by atoms with Crippen LogP contribution in [0.5, 0.6) is 5.75 Å². The number of carboxylic acid groups (broad SMARTS) is 1. The minimum Gasteiger partial charge on any atom is -0.545 e. The van der Waals surface area contributed by atoms with Crippen LogP contribution in [0.4, 0.5) is 0 Å². The Morgan fingerprint density at radius 3 is 2.86 bits per heavy atom. The van der Waals surface area contributed by atoms with Crippen molar-refractivity contribution in [1.29, 1.82) is 0 Å². The lowest BCUT2D eigenvalue weighted by atomic mass is 10.2. The summed E-state index contributed by atoms with van der Waals surface area (Å²) in [5.74, 6) is -0.613. The zero-order valence-electron chi connectivity index (χ0n) is 7.49. The lowest BCUT2D eigenvalue weighted by molar-refractivity contribution is -0.297. The maximum absolute atomic E-state index is 10.2. The van der Waals surface area contributed by atoms with E-state index in [9.17, 15) is 9.90 Å². The molecule has 0 atom stereocenters. The fourth-order valence-corrected chi connectivity index (χ4v) is 1.37. The average Bonchev–Trinajstić information content (AvgIpc) is 2.15. The van der Waals surface area contributed by atoms with Gasteiger partial charge in [0, 0.05) is 10.0 Å². The molecule has 0 N–H and O–H groups in total. The van der Waals surface area contributed by atoms with Gasteiger partial charge >= 0.3 is 0 Å². The molecule has 1 aromatic rings. The Morgan fingerprint density at radius 2 is 2.29 bits per heavy atom. The molecular formula is C10H8BrO3-. The van der Waals surface area contributed by atoms with Gasteiger partial charge in [0.05, 0.1) is 13.1 Å². The summed E-state index contributed by atoms with van der Waals surface area (Å²) in [6, 6.07) is 5.33. The Bertz CT molecular complexity index is 372. The van der Waals surface area contributed by atoms with Crippen LogP contribution in [0, 0.1) is 0 Å². The van der Waals surface area contributed by atoms with Gasteiger partial charge in [-0.2, -0.15) is 0 Å². The number of aliphatic carboxylic acids is 1. The van der Waals surface area contributed by atoms with Crippen LogP contribution in [0.2, 0.25) is 0 Å². The molecule has 0 heterocycles. The summed E-state index contributed by atoms with van der Waals surface area (Å²) in [7, 11) is 1.53. The number of rotatable bonds is 3. The van der Waals surface area contributed by atoms with Gasteiger partial charge in [0.25, 0.3) is 0 Å². The monoisotopic (exact) mass is 255 g/mol. The van der Waals surface area contributed by atoms with E-state index < -0.39 is 5.97 Å². The van der Waals surface area contributed by atoms with E-state index in [1.165, 1.54) is 13.2 Å². The molecule has 4 heteroatoms. The van der Waals surface area contributed by atoms with Crippen LogP contribution in [0.1, 0.15) is 5.56 Å². The predicted molar refractivity (Wildman–Crippen MR) is 54.7 cm³/mol. The Balaban J connectivity index is 3.04. The van der Waals surface area contributed by atoms with Crippen molar-refractivity contribution in [3.8, 4) is 5.75 Å². The summed E-state index contributed by atoms with van der Waals surface area (Å²) < 4.78 is 5.90. The number of benzene rings is 1. The molecule has 0 aliphatic heterocycles. The van der Waals surface area contributed by atoms with Crippen LogP contribution in [-0.4, -0.2) is 13.1 Å². The Morgan fingerprint density at radius 1 is 1.57 bits per heavy atom. The number of hydrogen-bond acceptors (Lipinski definition) is 3. The second-order valence-electron chi connectivity index (χ2n) is 2.54. The van der Waals surface area contributed by atoms with Crippen molar-refractivity contribution in [2.45, 2.75) is 0 Å². The molecule has 0 aliphatic carbocycles. The lowest BCUT2D eigenvalue weighted by Crippen LogP contribution is -2.18. The quantitative estimate of drug-likeness (QED) is 0.764. The molecule has 1 rings (SSSR count). The normalized spacial score (nSPS) is 10.4. The van der Waals surface area contributed by atoms with Crippen LogP contribution >= 0.6 is 15.9 Å². The van der Waals surface area contributed by atoms with Gasteiger partial charge in [-0.15, -0.1) is 0 Å². The fourth-order valence-electron chi connectivity index (χ4n) is 0.993. The van der Waals surface area contributed by atoms with E-state index in [0.29, 0.717) is 11.3 Å². The molecule has 1 aromatic carbocycles. The van der Waals surface area contributed by atoms with Crippen LogP contribution < -0.4 is 9.84 Å². The Kier molecular flexibility index (Phi) is 3.71. The summed E-state index contributed by atoms with van der Waals surface area (Å²) in [5, 5.41) is 10.2. The smallest absolute Gasteiger partial charge is 0.126 e. The van der Waals surface area contributed by atoms with Crippen molar-refractivity contribution < 1.29 is 14.6 Å². The third kappa shape index (κ3) is 2.88. The zero-order valence-corrected chi connectivity index (χ0v) is 9.08. The largest absolute Gasteiger partial charge is 0.545 e. The molecule has 0 radical (unpaired) electrons. The molecule has 0 fully saturated rings. The minimum atomic E-state index is -1.23. The Hall–Kier alpha value is -1.29. The van der Waals surface area contributed by atoms with Gasteiger partial charge in [-0.3, -0.25) is 0 Å². The first-order valence-electron chi connectivity index (χ1n) is 3.86. The van der Waals surface area contributed by atoms with Crippen LogP contribution in [0.3, 0.4) is 0 Å². The van der Waals surface area contributed by atoms with Gasteiger partial charge < -0.3 is 14.6 Å². The number of methoxy groups -OCH3 is 1. The highest BCUT2D eigenvalue weighted by Gasteiger charge is 1.99. The molecule has 0 unspecified atom stereocenters. The molecule has 0 spiro atoms. The van der Waals surface area contributed by atoms with Gasteiger partial charge in [-0.25, -0.2) is 0 Å². The lowest BCUT2D eigenvalue weighted by Gasteiger charge is -2.04. The zero-order chi connectivity index (χ0) is 10.6. The molecule has 0 aromatic heterocycles. The number of carboxylic acids is 1. The summed E-state index contributed by atoms with van der Waals surface area (Å²) in [5.41, 5.74) is 0.686. The van der Waals surface area contributed by atoms with Crippen molar-refractivity contribution in [3.63, 3.8) is 0 Å². The topological polar surface area (TPSA) is 49.4 Å². The average molecular weight is 256 g/mol. The number of carbonyl (C=O) groups is 1. The van der Waals surface area contributed by atoms with E-state index >= 15 is 0 Å². The standard InChI is InChI=1S/C10H9BrO3/c1-14-9-4-3-8(11)6-7(9)2-5-10(12)13/h2-6H,1H3,(H,12,13)/p-1/b5-2+. The molecule has 14 heavy (non-hydrogen) atoms. The summed E-state index contributed by atoms with van der Waals surface area (Å²) >= 11 is 3.28. The predicted octanol–water partition coefficient (Wildman–Crippen LogP) is 1.22. The number of halogens is 1. The van der Waals surface area contributed by atoms with Crippen molar-refractivity contribution in [2.24, 2.45) is 0 Å². The highest BCUT2D eigenvalue weighted by atomic mass is 79.9. The van der Waals surface area contributed by atoms with E-state index in [0.717, 1.165) is 10.5 Å². The Labute approximate surface area is 90.1 Å². The molecule has 74 valence electrons. The third-order valence-corrected chi connectivity index (χ3v) is 2.08. The highest BCUT2D eigenvalue weighted by molar-refractivity contribution is 9.10. The maximum atomic E-state index is 10.2. The van der Waals surface area contributed by atoms with Crippen molar-refractivity contribution in [3.05, 3.63) is 34.3 Å². The van der Waals surface area contributed by atoms with E-state index in [1.54, 1.807) is 12.1 Å². The van der Waals surface area contributed by atoms with Gasteiger partial charge in [-0.05, 0) is 30.4 Å². The number of hydrogen-bond donors (Lipinski definition) is 0. The molecule has 0 amide bonds. The first-order chi connectivity index (χ1) is 6.63. The van der Waals surface area contributed by atoms with Crippen molar-refractivity contribution >= 4 is 28.0 Å². The van der Waals surface area contributed by atoms with Crippen molar-refractivity contribution in [1.82, 2.24) is 0 Å². The molecule has 0 saturated carbocycles. The first kappa shape index (κ1) is 10.8. The van der Waals surface area contributed by atoms with Crippen LogP contribution in [0.15, 0.2) is 28.7 Å². The number of carbonyl (C=O) groups excluding carboxylic acids is 1. The van der Waals surface area contributed by atoms with E-state index in [4.69, 9.17) is 4.74 Å². The van der Waals surface area contributed by atoms with Crippen LogP contribution in [0.25, 0.3) is 6.08 Å². The van der Waals surface area contributed by atoms with Gasteiger partial charge in [0.1, 0.15) is 5.75 Å². The minimum absolute atomic E-state index is 0.616. The van der Waals surface area contributed by atoms with Gasteiger partial charge in [0.15, 0.2) is 0 Å². The molecule has 0 saturated heterocycles. The van der Waals surface area contributed by atoms with E-state index in [2.05, 4.69) is 15.9 Å². The fraction of sp³-hybridized carbons (Fsp3) is 0.100. The molecule has 0 aliphatic rings. The van der Waals surface area contributed by atoms with Crippen LogP contribution in [-0.2, 0) is 4.79 Å². The van der Waals surface area contributed by atoms with Gasteiger partial charge in [0.2, 0.25) is 0 Å². The summed E-state index contributed by atoms with van der Waals surface area (Å²) in [4.78, 5) is 10.2.